The lowest BCUT2D eigenvalue weighted by Crippen LogP contribution is -2.49. The minimum Gasteiger partial charge on any atom is -0.481 e. The molecule has 0 aliphatic carbocycles. The summed E-state index contributed by atoms with van der Waals surface area (Å²) in [5.74, 6) is -2.66. The van der Waals surface area contributed by atoms with E-state index in [2.05, 4.69) is 15.5 Å². The van der Waals surface area contributed by atoms with Crippen LogP contribution in [0.15, 0.2) is 0 Å². The zero-order valence-electron chi connectivity index (χ0n) is 12.9. The predicted octanol–water partition coefficient (Wildman–Crippen LogP) is 0.332. The summed E-state index contributed by atoms with van der Waals surface area (Å²) in [5, 5.41) is 22.1. The van der Waals surface area contributed by atoms with Crippen molar-refractivity contribution in [3.05, 3.63) is 0 Å². The number of urea groups is 1. The first-order chi connectivity index (χ1) is 9.65. The van der Waals surface area contributed by atoms with E-state index in [9.17, 15) is 14.4 Å². The molecule has 4 N–H and O–H groups in total. The van der Waals surface area contributed by atoms with E-state index in [0.29, 0.717) is 25.2 Å². The molecule has 0 saturated heterocycles. The lowest BCUT2D eigenvalue weighted by Gasteiger charge is -2.30. The summed E-state index contributed by atoms with van der Waals surface area (Å²) in [4.78, 5) is 35.1. The molecule has 8 heteroatoms. The third-order valence-electron chi connectivity index (χ3n) is 2.96. The lowest BCUT2D eigenvalue weighted by atomic mass is 10.2. The molecule has 1 atom stereocenters. The zero-order chi connectivity index (χ0) is 16.6. The van der Waals surface area contributed by atoms with E-state index >= 15 is 0 Å². The van der Waals surface area contributed by atoms with Gasteiger partial charge >= 0.3 is 18.0 Å². The van der Waals surface area contributed by atoms with Crippen LogP contribution in [0.2, 0.25) is 0 Å². The molecule has 0 radical (unpaired) electrons. The van der Waals surface area contributed by atoms with Gasteiger partial charge in [-0.05, 0) is 27.7 Å². The van der Waals surface area contributed by atoms with Crippen LogP contribution in [0.3, 0.4) is 0 Å². The van der Waals surface area contributed by atoms with Crippen LogP contribution in [0.25, 0.3) is 0 Å². The average molecular weight is 303 g/mol. The first-order valence-electron chi connectivity index (χ1n) is 6.89. The predicted molar refractivity (Wildman–Crippen MR) is 77.2 cm³/mol. The van der Waals surface area contributed by atoms with Gasteiger partial charge in [-0.25, -0.2) is 9.59 Å². The van der Waals surface area contributed by atoms with E-state index in [-0.39, 0.29) is 0 Å². The van der Waals surface area contributed by atoms with E-state index in [0.717, 1.165) is 0 Å². The number of nitrogens with zero attached hydrogens (tertiary/aromatic N) is 1. The van der Waals surface area contributed by atoms with Crippen molar-refractivity contribution in [3.8, 4) is 0 Å². The molecule has 0 aliphatic rings. The van der Waals surface area contributed by atoms with Crippen LogP contribution >= 0.6 is 0 Å². The summed E-state index contributed by atoms with van der Waals surface area (Å²) in [6.07, 6.45) is -0.660. The molecule has 0 aromatic carbocycles. The largest absolute Gasteiger partial charge is 0.481 e. The molecule has 0 aromatic rings. The molecular weight excluding hydrogens is 278 g/mol. The monoisotopic (exact) mass is 303 g/mol. The van der Waals surface area contributed by atoms with Gasteiger partial charge in [0.25, 0.3) is 0 Å². The summed E-state index contributed by atoms with van der Waals surface area (Å²) < 4.78 is 0. The van der Waals surface area contributed by atoms with Crippen molar-refractivity contribution < 1.29 is 24.6 Å². The van der Waals surface area contributed by atoms with Crippen molar-refractivity contribution in [1.82, 2.24) is 15.5 Å². The highest BCUT2D eigenvalue weighted by Gasteiger charge is 2.23. The normalized spacial score (nSPS) is 12.5. The molecule has 0 fully saturated rings. The molecule has 0 heterocycles. The Kier molecular flexibility index (Phi) is 8.37. The molecule has 21 heavy (non-hydrogen) atoms. The molecule has 0 spiro atoms. The molecule has 8 nitrogen and oxygen atoms in total. The highest BCUT2D eigenvalue weighted by Crippen LogP contribution is 2.03. The van der Waals surface area contributed by atoms with Gasteiger partial charge < -0.3 is 20.8 Å². The Bertz CT molecular complexity index is 363. The Morgan fingerprint density at radius 3 is 1.95 bits per heavy atom. The number of aliphatic carboxylic acids is 2. The Morgan fingerprint density at radius 2 is 1.57 bits per heavy atom. The average Bonchev–Trinajstić information content (AvgIpc) is 2.32. The Balaban J connectivity index is 4.24. The van der Waals surface area contributed by atoms with Gasteiger partial charge in [-0.15, -0.1) is 0 Å². The van der Waals surface area contributed by atoms with Gasteiger partial charge in [0.15, 0.2) is 0 Å². The van der Waals surface area contributed by atoms with Gasteiger partial charge in [-0.2, -0.15) is 0 Å². The van der Waals surface area contributed by atoms with Gasteiger partial charge in [-0.1, -0.05) is 0 Å². The number of nitrogens with one attached hydrogen (secondary N) is 2. The molecule has 0 saturated carbocycles. The van der Waals surface area contributed by atoms with Gasteiger partial charge in [0.2, 0.25) is 0 Å². The number of amides is 2. The summed E-state index contributed by atoms with van der Waals surface area (Å²) in [7, 11) is 0. The molecule has 2 amide bonds. The first kappa shape index (κ1) is 19.2. The van der Waals surface area contributed by atoms with Gasteiger partial charge in [-0.3, -0.25) is 9.69 Å². The fourth-order valence-electron chi connectivity index (χ4n) is 2.00. The van der Waals surface area contributed by atoms with Crippen LogP contribution in [0.4, 0.5) is 4.79 Å². The number of rotatable bonds is 9. The summed E-state index contributed by atoms with van der Waals surface area (Å²) >= 11 is 0. The van der Waals surface area contributed by atoms with E-state index in [1.165, 1.54) is 0 Å². The van der Waals surface area contributed by atoms with Crippen LogP contribution < -0.4 is 10.6 Å². The highest BCUT2D eigenvalue weighted by atomic mass is 16.4. The fraction of sp³-hybridized carbons (Fsp3) is 0.769. The standard InChI is InChI=1S/C13H25N3O5/c1-8(2)16(9(3)4)6-5-14-13(21)15-10(12(19)20)7-11(17)18/h8-10H,5-7H2,1-4H3,(H,17,18)(H,19,20)(H2,14,15,21)/t10-/m1/s1. The summed E-state index contributed by atoms with van der Waals surface area (Å²) in [5.41, 5.74) is 0. The molecule has 0 unspecified atom stereocenters. The maximum absolute atomic E-state index is 11.6. The molecular formula is C13H25N3O5. The van der Waals surface area contributed by atoms with Crippen molar-refractivity contribution in [2.75, 3.05) is 13.1 Å². The smallest absolute Gasteiger partial charge is 0.326 e. The van der Waals surface area contributed by atoms with E-state index in [1.54, 1.807) is 0 Å². The number of hydrogen-bond donors (Lipinski definition) is 4. The Morgan fingerprint density at radius 1 is 1.05 bits per heavy atom. The highest BCUT2D eigenvalue weighted by molar-refractivity contribution is 5.86. The second-order valence-corrected chi connectivity index (χ2v) is 5.31. The van der Waals surface area contributed by atoms with E-state index < -0.39 is 30.4 Å². The maximum atomic E-state index is 11.6. The third-order valence-corrected chi connectivity index (χ3v) is 2.96. The van der Waals surface area contributed by atoms with Crippen LogP contribution in [0, 0.1) is 0 Å². The SMILES string of the molecule is CC(C)N(CCNC(=O)N[C@H](CC(=O)O)C(=O)O)C(C)C. The van der Waals surface area contributed by atoms with Crippen molar-refractivity contribution in [1.29, 1.82) is 0 Å². The van der Waals surface area contributed by atoms with Gasteiger partial charge in [0.1, 0.15) is 6.04 Å². The second-order valence-electron chi connectivity index (χ2n) is 5.31. The topological polar surface area (TPSA) is 119 Å². The van der Waals surface area contributed by atoms with Crippen molar-refractivity contribution >= 4 is 18.0 Å². The fourth-order valence-corrected chi connectivity index (χ4v) is 2.00. The van der Waals surface area contributed by atoms with E-state index in [4.69, 9.17) is 10.2 Å². The molecule has 0 bridgehead atoms. The number of carbonyl (C=O) groups is 3. The van der Waals surface area contributed by atoms with Crippen molar-refractivity contribution in [2.45, 2.75) is 52.2 Å². The van der Waals surface area contributed by atoms with Crippen molar-refractivity contribution in [2.24, 2.45) is 0 Å². The zero-order valence-corrected chi connectivity index (χ0v) is 12.9. The second kappa shape index (κ2) is 9.17. The van der Waals surface area contributed by atoms with Gasteiger partial charge in [0, 0.05) is 25.2 Å². The van der Waals surface area contributed by atoms with Crippen LogP contribution in [0.5, 0.6) is 0 Å². The molecule has 0 aromatic heterocycles. The Labute approximate surface area is 124 Å². The van der Waals surface area contributed by atoms with Crippen LogP contribution in [-0.4, -0.2) is 64.3 Å². The maximum Gasteiger partial charge on any atom is 0.326 e. The lowest BCUT2D eigenvalue weighted by molar-refractivity contribution is -0.145. The quantitative estimate of drug-likeness (QED) is 0.487. The van der Waals surface area contributed by atoms with Crippen LogP contribution in [-0.2, 0) is 9.59 Å². The third kappa shape index (κ3) is 8.13. The number of carboxylic acids is 2. The van der Waals surface area contributed by atoms with E-state index in [1.807, 2.05) is 27.7 Å². The minimum absolute atomic E-state index is 0.327. The number of carboxylic acid groups (broad SMARTS) is 2. The molecule has 0 rings (SSSR count). The summed E-state index contributed by atoms with van der Waals surface area (Å²) in [6, 6.07) is -1.47. The molecule has 122 valence electrons. The number of carbonyl (C=O) groups excluding carboxylic acids is 1. The Hall–Kier alpha value is -1.83. The number of hydrogen-bond acceptors (Lipinski definition) is 4. The summed E-state index contributed by atoms with van der Waals surface area (Å²) in [6.45, 7) is 9.17. The van der Waals surface area contributed by atoms with Gasteiger partial charge in [0.05, 0.1) is 6.42 Å². The van der Waals surface area contributed by atoms with Crippen molar-refractivity contribution in [3.63, 3.8) is 0 Å². The first-order valence-corrected chi connectivity index (χ1v) is 6.89. The minimum atomic E-state index is -1.44. The molecule has 0 aliphatic heterocycles. The van der Waals surface area contributed by atoms with Crippen LogP contribution in [0.1, 0.15) is 34.1 Å².